The quantitative estimate of drug-likeness (QED) is 0.707. The van der Waals surface area contributed by atoms with E-state index >= 15 is 0 Å². The predicted molar refractivity (Wildman–Crippen MR) is 105 cm³/mol. The molecule has 142 valence electrons. The van der Waals surface area contributed by atoms with Crippen LogP contribution < -0.4 is 0 Å². The number of aryl methyl sites for hydroxylation is 2. The molecule has 0 bridgehead atoms. The molecule has 0 aliphatic carbocycles. The van der Waals surface area contributed by atoms with Crippen molar-refractivity contribution >= 4 is 0 Å². The van der Waals surface area contributed by atoms with E-state index in [9.17, 15) is 8.78 Å². The van der Waals surface area contributed by atoms with Gasteiger partial charge in [0.2, 0.25) is 0 Å². The summed E-state index contributed by atoms with van der Waals surface area (Å²) in [6.07, 6.45) is 4.80. The summed E-state index contributed by atoms with van der Waals surface area (Å²) in [6, 6.07) is 6.12. The van der Waals surface area contributed by atoms with E-state index in [1.807, 2.05) is 43.8 Å². The number of hydrogen-bond acceptors (Lipinski definition) is 2. The van der Waals surface area contributed by atoms with Crippen LogP contribution in [0.5, 0.6) is 0 Å². The van der Waals surface area contributed by atoms with E-state index in [2.05, 4.69) is 30.9 Å². The van der Waals surface area contributed by atoms with Crippen LogP contribution in [0, 0.1) is 25.7 Å². The first kappa shape index (κ1) is 19.2. The highest BCUT2D eigenvalue weighted by Gasteiger charge is 2.44. The van der Waals surface area contributed by atoms with Crippen molar-refractivity contribution in [3.63, 3.8) is 0 Å². The molecule has 3 nitrogen and oxygen atoms in total. The largest absolute Gasteiger partial charge is 0.361 e. The highest BCUT2D eigenvalue weighted by Crippen LogP contribution is 2.31. The molecule has 0 saturated carbocycles. The van der Waals surface area contributed by atoms with Crippen LogP contribution in [0.4, 0.5) is 8.78 Å². The lowest BCUT2D eigenvalue weighted by Gasteiger charge is -2.42. The van der Waals surface area contributed by atoms with Crippen LogP contribution >= 0.6 is 0 Å². The lowest BCUT2D eigenvalue weighted by atomic mass is 10.0. The molecule has 2 heterocycles. The molecule has 0 unspecified atom stereocenters. The molecule has 3 rings (SSSR count). The van der Waals surface area contributed by atoms with Crippen LogP contribution in [0.3, 0.4) is 0 Å². The highest BCUT2D eigenvalue weighted by atomic mass is 19.3. The minimum absolute atomic E-state index is 0.206. The third kappa shape index (κ3) is 4.21. The van der Waals surface area contributed by atoms with Gasteiger partial charge in [-0.05, 0) is 50.5 Å². The van der Waals surface area contributed by atoms with Crippen molar-refractivity contribution in [2.45, 2.75) is 46.6 Å². The van der Waals surface area contributed by atoms with Crippen molar-refractivity contribution in [3.05, 3.63) is 52.9 Å². The summed E-state index contributed by atoms with van der Waals surface area (Å²) in [5.74, 6) is 3.44. The number of halogens is 2. The Morgan fingerprint density at radius 1 is 1.26 bits per heavy atom. The van der Waals surface area contributed by atoms with Crippen LogP contribution in [0.1, 0.15) is 37.0 Å². The minimum atomic E-state index is -2.57. The summed E-state index contributed by atoms with van der Waals surface area (Å²) in [4.78, 5) is 1.74. The van der Waals surface area contributed by atoms with Gasteiger partial charge in [-0.1, -0.05) is 25.0 Å². The Kier molecular flexibility index (Phi) is 5.36. The van der Waals surface area contributed by atoms with E-state index in [0.29, 0.717) is 6.54 Å². The van der Waals surface area contributed by atoms with Gasteiger partial charge in [0.05, 0.1) is 25.3 Å². The molecular weight excluding hydrogens is 344 g/mol. The molecular formula is C22H25F2N3. The zero-order valence-electron chi connectivity index (χ0n) is 16.3. The Hall–Kier alpha value is -2.61. The third-order valence-electron chi connectivity index (χ3n) is 4.72. The third-order valence-corrected chi connectivity index (χ3v) is 4.72. The molecule has 5 heteroatoms. The average molecular weight is 369 g/mol. The van der Waals surface area contributed by atoms with E-state index < -0.39 is 5.92 Å². The van der Waals surface area contributed by atoms with Crippen LogP contribution in [0.2, 0.25) is 0 Å². The van der Waals surface area contributed by atoms with Gasteiger partial charge in [0.25, 0.3) is 5.92 Å². The van der Waals surface area contributed by atoms with E-state index in [1.54, 1.807) is 4.90 Å². The highest BCUT2D eigenvalue weighted by molar-refractivity contribution is 5.68. The second-order valence-electron chi connectivity index (χ2n) is 7.08. The van der Waals surface area contributed by atoms with Crippen molar-refractivity contribution in [1.29, 1.82) is 0 Å². The molecule has 0 N–H and O–H groups in total. The summed E-state index contributed by atoms with van der Waals surface area (Å²) >= 11 is 0. The maximum Gasteiger partial charge on any atom is 0.282 e. The monoisotopic (exact) mass is 369 g/mol. The lowest BCUT2D eigenvalue weighted by Crippen LogP contribution is -2.55. The van der Waals surface area contributed by atoms with Gasteiger partial charge in [-0.15, -0.1) is 5.92 Å². The molecule has 1 aliphatic heterocycles. The van der Waals surface area contributed by atoms with Gasteiger partial charge in [-0.25, -0.2) is 8.78 Å². The Bertz CT molecular complexity index is 921. The second-order valence-corrected chi connectivity index (χ2v) is 7.08. The summed E-state index contributed by atoms with van der Waals surface area (Å²) in [5.41, 5.74) is 6.03. The summed E-state index contributed by atoms with van der Waals surface area (Å²) in [5, 5.41) is 4.75. The van der Waals surface area contributed by atoms with Crippen molar-refractivity contribution in [1.82, 2.24) is 14.7 Å². The Morgan fingerprint density at radius 2 is 2.00 bits per heavy atom. The van der Waals surface area contributed by atoms with Gasteiger partial charge in [0.15, 0.2) is 0 Å². The van der Waals surface area contributed by atoms with Crippen molar-refractivity contribution in [3.8, 4) is 23.1 Å². The van der Waals surface area contributed by atoms with E-state index in [-0.39, 0.29) is 13.1 Å². The summed E-state index contributed by atoms with van der Waals surface area (Å²) in [7, 11) is 0. The maximum atomic E-state index is 13.3. The van der Waals surface area contributed by atoms with Crippen LogP contribution in [0.15, 0.2) is 36.2 Å². The number of hydrogen-bond donors (Lipinski definition) is 0. The summed E-state index contributed by atoms with van der Waals surface area (Å²) in [6.45, 7) is 8.00. The first-order valence-electron chi connectivity index (χ1n) is 9.22. The first-order chi connectivity index (χ1) is 12.8. The molecule has 1 saturated heterocycles. The normalized spacial score (nSPS) is 15.9. The fourth-order valence-electron chi connectivity index (χ4n) is 3.38. The Balaban J connectivity index is 1.87. The molecule has 1 fully saturated rings. The van der Waals surface area contributed by atoms with Crippen LogP contribution in [-0.2, 0) is 6.54 Å². The Labute approximate surface area is 159 Å². The lowest BCUT2D eigenvalue weighted by molar-refractivity contribution is -0.117. The maximum absolute atomic E-state index is 13.3. The standard InChI is InChI=1S/C22H25F2N3/c1-5-7-18-10-9-16(3)20(11-18)21-17(4)12-27(25-21)13-19(8-6-2)26-14-22(23,24)15-26/h8-12H,6,13-15H2,1-4H3/b19-8-. The minimum Gasteiger partial charge on any atom is -0.361 e. The SMILES string of the molecule is CC#Cc1ccc(C)c(-c2nn(C/C(=C/CC)N3CC(F)(F)C3)cc2C)c1. The van der Waals surface area contributed by atoms with E-state index in [4.69, 9.17) is 5.10 Å². The van der Waals surface area contributed by atoms with Crippen LogP contribution in [-0.4, -0.2) is 33.7 Å². The number of allylic oxidation sites excluding steroid dienone is 2. The molecule has 0 radical (unpaired) electrons. The van der Waals surface area contributed by atoms with Crippen molar-refractivity contribution < 1.29 is 8.78 Å². The van der Waals surface area contributed by atoms with Crippen molar-refractivity contribution in [2.24, 2.45) is 0 Å². The van der Waals surface area contributed by atoms with E-state index in [1.165, 1.54) is 0 Å². The number of alkyl halides is 2. The van der Waals surface area contributed by atoms with Crippen molar-refractivity contribution in [2.75, 3.05) is 13.1 Å². The molecule has 27 heavy (non-hydrogen) atoms. The molecule has 1 aliphatic rings. The number of benzene rings is 1. The number of rotatable bonds is 5. The smallest absolute Gasteiger partial charge is 0.282 e. The predicted octanol–water partition coefficient (Wildman–Crippen LogP) is 4.78. The van der Waals surface area contributed by atoms with E-state index in [0.717, 1.165) is 40.1 Å². The van der Waals surface area contributed by atoms with Gasteiger partial charge in [-0.3, -0.25) is 4.68 Å². The topological polar surface area (TPSA) is 21.1 Å². The summed E-state index contributed by atoms with van der Waals surface area (Å²) < 4.78 is 28.4. The van der Waals surface area contributed by atoms with Crippen LogP contribution in [0.25, 0.3) is 11.3 Å². The molecule has 0 atom stereocenters. The molecule has 1 aromatic heterocycles. The molecule has 0 spiro atoms. The molecule has 1 aromatic carbocycles. The van der Waals surface area contributed by atoms with Gasteiger partial charge in [0.1, 0.15) is 0 Å². The van der Waals surface area contributed by atoms with Gasteiger partial charge >= 0.3 is 0 Å². The fraction of sp³-hybridized carbons (Fsp3) is 0.409. The average Bonchev–Trinajstić information content (AvgIpc) is 2.94. The Morgan fingerprint density at radius 3 is 2.63 bits per heavy atom. The molecule has 0 amide bonds. The van der Waals surface area contributed by atoms with Gasteiger partial charge < -0.3 is 4.90 Å². The van der Waals surface area contributed by atoms with Gasteiger partial charge in [-0.2, -0.15) is 5.10 Å². The zero-order chi connectivity index (χ0) is 19.6. The zero-order valence-corrected chi connectivity index (χ0v) is 16.3. The number of aromatic nitrogens is 2. The fourth-order valence-corrected chi connectivity index (χ4v) is 3.38. The molecule has 2 aromatic rings. The number of nitrogens with zero attached hydrogens (tertiary/aromatic N) is 3. The van der Waals surface area contributed by atoms with Gasteiger partial charge in [0, 0.05) is 23.0 Å². The second kappa shape index (κ2) is 7.56. The first-order valence-corrected chi connectivity index (χ1v) is 9.22. The number of likely N-dealkylation sites (tertiary alicyclic amines) is 1.